The summed E-state index contributed by atoms with van der Waals surface area (Å²) >= 11 is 6.60. The summed E-state index contributed by atoms with van der Waals surface area (Å²) in [6.45, 7) is 0. The molecular weight excluding hydrogens is 519 g/mol. The minimum absolute atomic E-state index is 0.0458. The summed E-state index contributed by atoms with van der Waals surface area (Å²) in [7, 11) is -2.90. The Kier molecular flexibility index (Phi) is 6.36. The zero-order chi connectivity index (χ0) is 26.2. The standard InChI is InChI=1S/C26H18ClFN4O4S/c1-36-24-13-20(16-3-2-4-18(28)11-16)21(27)14-23(24)32(25-9-10-29-15-30-25)37(34,35)19-6-7-22-17(12-19)5-8-26(33)31-22/h2-15H,1H3,(H,31,33). The number of ether oxygens (including phenoxy) is 1. The van der Waals surface area contributed by atoms with Crippen LogP contribution in [0.25, 0.3) is 22.0 Å². The molecule has 0 bridgehead atoms. The summed E-state index contributed by atoms with van der Waals surface area (Å²) in [5, 5.41) is 0.696. The molecule has 0 saturated heterocycles. The van der Waals surface area contributed by atoms with E-state index in [1.807, 2.05) is 0 Å². The van der Waals surface area contributed by atoms with Gasteiger partial charge in [0.1, 0.15) is 23.6 Å². The third kappa shape index (κ3) is 4.64. The van der Waals surface area contributed by atoms with E-state index in [4.69, 9.17) is 16.3 Å². The van der Waals surface area contributed by atoms with Crippen LogP contribution in [0.1, 0.15) is 0 Å². The second-order valence-corrected chi connectivity index (χ2v) is 10.1. The number of halogens is 2. The Morgan fingerprint density at radius 1 is 1.03 bits per heavy atom. The molecular formula is C26H18ClFN4O4S. The zero-order valence-electron chi connectivity index (χ0n) is 19.2. The van der Waals surface area contributed by atoms with E-state index in [0.717, 1.165) is 4.31 Å². The maximum absolute atomic E-state index is 14.1. The normalized spacial score (nSPS) is 11.4. The van der Waals surface area contributed by atoms with E-state index in [0.29, 0.717) is 22.0 Å². The SMILES string of the molecule is COc1cc(-c2cccc(F)c2)c(Cl)cc1N(c1ccncn1)S(=O)(=O)c1ccc2[nH]c(=O)ccc2c1. The minimum atomic E-state index is -4.29. The summed E-state index contributed by atoms with van der Waals surface area (Å²) in [5.41, 5.74) is 1.22. The van der Waals surface area contributed by atoms with Crippen LogP contribution in [0, 0.1) is 5.82 Å². The third-order valence-corrected chi connectivity index (χ3v) is 7.66. The number of anilines is 2. The fourth-order valence-electron chi connectivity index (χ4n) is 3.92. The van der Waals surface area contributed by atoms with E-state index in [1.54, 1.807) is 18.2 Å². The van der Waals surface area contributed by atoms with Crippen molar-refractivity contribution >= 4 is 44.0 Å². The van der Waals surface area contributed by atoms with Crippen molar-refractivity contribution in [3.8, 4) is 16.9 Å². The molecule has 0 amide bonds. The molecule has 11 heteroatoms. The third-order valence-electron chi connectivity index (χ3n) is 5.63. The minimum Gasteiger partial charge on any atom is -0.495 e. The largest absolute Gasteiger partial charge is 0.495 e. The fourth-order valence-corrected chi connectivity index (χ4v) is 5.67. The molecule has 0 aliphatic rings. The van der Waals surface area contributed by atoms with Gasteiger partial charge in [-0.2, -0.15) is 0 Å². The van der Waals surface area contributed by atoms with Crippen molar-refractivity contribution in [2.24, 2.45) is 0 Å². The van der Waals surface area contributed by atoms with Gasteiger partial charge in [-0.15, -0.1) is 0 Å². The van der Waals surface area contributed by atoms with Crippen LogP contribution >= 0.6 is 11.6 Å². The summed E-state index contributed by atoms with van der Waals surface area (Å²) in [5.74, 6) is -0.236. The van der Waals surface area contributed by atoms with Gasteiger partial charge < -0.3 is 9.72 Å². The first-order valence-corrected chi connectivity index (χ1v) is 12.7. The molecule has 1 N–H and O–H groups in total. The van der Waals surface area contributed by atoms with Gasteiger partial charge in [0.2, 0.25) is 5.56 Å². The molecule has 0 fully saturated rings. The van der Waals surface area contributed by atoms with E-state index in [9.17, 15) is 17.6 Å². The molecule has 0 radical (unpaired) electrons. The molecule has 8 nitrogen and oxygen atoms in total. The van der Waals surface area contributed by atoms with Gasteiger partial charge >= 0.3 is 0 Å². The van der Waals surface area contributed by atoms with Gasteiger partial charge in [0, 0.05) is 29.4 Å². The molecule has 0 saturated carbocycles. The molecule has 2 heterocycles. The zero-order valence-corrected chi connectivity index (χ0v) is 20.8. The second-order valence-electron chi connectivity index (χ2n) is 7.92. The number of hydrogen-bond acceptors (Lipinski definition) is 6. The average molecular weight is 537 g/mol. The smallest absolute Gasteiger partial charge is 0.270 e. The highest BCUT2D eigenvalue weighted by molar-refractivity contribution is 7.93. The van der Waals surface area contributed by atoms with Crippen molar-refractivity contribution in [1.82, 2.24) is 15.0 Å². The number of nitrogens with zero attached hydrogens (tertiary/aromatic N) is 3. The quantitative estimate of drug-likeness (QED) is 0.315. The molecule has 37 heavy (non-hydrogen) atoms. The van der Waals surface area contributed by atoms with Gasteiger partial charge in [0.05, 0.1) is 17.0 Å². The first-order chi connectivity index (χ1) is 17.8. The summed E-state index contributed by atoms with van der Waals surface area (Å²) in [4.78, 5) is 22.3. The van der Waals surface area contributed by atoms with Gasteiger partial charge in [-0.3, -0.25) is 4.79 Å². The molecule has 3 aromatic carbocycles. The van der Waals surface area contributed by atoms with E-state index < -0.39 is 15.8 Å². The second kappa shape index (κ2) is 9.64. The van der Waals surface area contributed by atoms with Crippen LogP contribution in [0.2, 0.25) is 5.02 Å². The Bertz CT molecular complexity index is 1800. The first-order valence-electron chi connectivity index (χ1n) is 10.9. The average Bonchev–Trinajstić information content (AvgIpc) is 2.89. The lowest BCUT2D eigenvalue weighted by Gasteiger charge is -2.26. The number of aromatic amines is 1. The van der Waals surface area contributed by atoms with Crippen LogP contribution < -0.4 is 14.6 Å². The number of pyridine rings is 1. The van der Waals surface area contributed by atoms with Crippen LogP contribution in [-0.4, -0.2) is 30.5 Å². The Balaban J connectivity index is 1.72. The summed E-state index contributed by atoms with van der Waals surface area (Å²) < 4.78 is 48.6. The van der Waals surface area contributed by atoms with Crippen molar-refractivity contribution < 1.29 is 17.5 Å². The van der Waals surface area contributed by atoms with E-state index in [2.05, 4.69) is 15.0 Å². The van der Waals surface area contributed by atoms with E-state index in [-0.39, 0.29) is 32.7 Å². The molecule has 5 rings (SSSR count). The Morgan fingerprint density at radius 2 is 1.86 bits per heavy atom. The van der Waals surface area contributed by atoms with Crippen molar-refractivity contribution in [3.63, 3.8) is 0 Å². The maximum Gasteiger partial charge on any atom is 0.270 e. The lowest BCUT2D eigenvalue weighted by atomic mass is 10.0. The molecule has 5 aromatic rings. The number of rotatable bonds is 6. The van der Waals surface area contributed by atoms with Gasteiger partial charge in [-0.05, 0) is 59.5 Å². The Hall–Kier alpha value is -4.28. The summed E-state index contributed by atoms with van der Waals surface area (Å²) in [6.07, 6.45) is 2.63. The highest BCUT2D eigenvalue weighted by Gasteiger charge is 2.31. The fraction of sp³-hybridized carbons (Fsp3) is 0.0385. The molecule has 0 unspecified atom stereocenters. The van der Waals surface area contributed by atoms with E-state index in [1.165, 1.54) is 74.2 Å². The molecule has 0 spiro atoms. The topological polar surface area (TPSA) is 105 Å². The Labute approximate surface area is 216 Å². The maximum atomic E-state index is 14.1. The van der Waals surface area contributed by atoms with Crippen LogP contribution in [0.3, 0.4) is 0 Å². The van der Waals surface area contributed by atoms with Crippen molar-refractivity contribution in [1.29, 1.82) is 0 Å². The van der Waals surface area contributed by atoms with Crippen LogP contribution in [0.5, 0.6) is 5.75 Å². The molecule has 0 aliphatic heterocycles. The van der Waals surface area contributed by atoms with Gasteiger partial charge in [-0.25, -0.2) is 27.1 Å². The lowest BCUT2D eigenvalue weighted by Crippen LogP contribution is -2.27. The lowest BCUT2D eigenvalue weighted by molar-refractivity contribution is 0.416. The van der Waals surface area contributed by atoms with Crippen molar-refractivity contribution in [3.05, 3.63) is 107 Å². The number of methoxy groups -OCH3 is 1. The highest BCUT2D eigenvalue weighted by Crippen LogP contribution is 2.43. The van der Waals surface area contributed by atoms with Gasteiger partial charge in [-0.1, -0.05) is 23.7 Å². The van der Waals surface area contributed by atoms with Crippen molar-refractivity contribution in [2.75, 3.05) is 11.4 Å². The Morgan fingerprint density at radius 3 is 2.59 bits per heavy atom. The molecule has 0 atom stereocenters. The highest BCUT2D eigenvalue weighted by atomic mass is 35.5. The summed E-state index contributed by atoms with van der Waals surface area (Å²) in [6, 6.07) is 17.5. The number of H-pyrrole nitrogens is 1. The van der Waals surface area contributed by atoms with Crippen LogP contribution in [0.15, 0.2) is 95.0 Å². The van der Waals surface area contributed by atoms with Crippen molar-refractivity contribution in [2.45, 2.75) is 4.90 Å². The number of aromatic nitrogens is 3. The van der Waals surface area contributed by atoms with Gasteiger partial charge in [0.25, 0.3) is 10.0 Å². The predicted molar refractivity (Wildman–Crippen MR) is 139 cm³/mol. The van der Waals surface area contributed by atoms with Crippen LogP contribution in [-0.2, 0) is 10.0 Å². The molecule has 2 aromatic heterocycles. The number of fused-ring (bicyclic) bond motifs is 1. The predicted octanol–water partition coefficient (Wildman–Crippen LogP) is 5.31. The number of hydrogen-bond donors (Lipinski definition) is 1. The first kappa shape index (κ1) is 24.4. The van der Waals surface area contributed by atoms with E-state index >= 15 is 0 Å². The molecule has 0 aliphatic carbocycles. The monoisotopic (exact) mass is 536 g/mol. The van der Waals surface area contributed by atoms with Gasteiger partial charge in [0.15, 0.2) is 5.82 Å². The van der Waals surface area contributed by atoms with Crippen LogP contribution in [0.4, 0.5) is 15.9 Å². The number of nitrogens with one attached hydrogen (secondary N) is 1. The number of sulfonamides is 1. The molecule has 186 valence electrons. The number of benzene rings is 3.